The van der Waals surface area contributed by atoms with Crippen LogP contribution in [0, 0.1) is 6.92 Å². The molecule has 1 aromatic heterocycles. The molecule has 0 bridgehead atoms. The smallest absolute Gasteiger partial charge is 0.115 e. The summed E-state index contributed by atoms with van der Waals surface area (Å²) in [5.74, 6) is 0.112. The molecule has 1 heterocycles. The van der Waals surface area contributed by atoms with E-state index in [1.165, 1.54) is 23.4 Å². The zero-order valence-electron chi connectivity index (χ0n) is 16.2. The molecule has 0 fully saturated rings. The summed E-state index contributed by atoms with van der Waals surface area (Å²) in [6.45, 7) is 15.4. The largest absolute Gasteiger partial charge is 0.508 e. The van der Waals surface area contributed by atoms with Crippen LogP contribution in [0.1, 0.15) is 62.1 Å². The third-order valence-electron chi connectivity index (χ3n) is 5.68. The highest BCUT2D eigenvalue weighted by Crippen LogP contribution is 2.54. The normalized spacial score (nSPS) is 17.8. The third-order valence-corrected chi connectivity index (χ3v) is 7.41. The van der Waals surface area contributed by atoms with Crippen LogP contribution < -0.4 is 4.90 Å². The van der Waals surface area contributed by atoms with Crippen LogP contribution in [0.25, 0.3) is 5.76 Å². The highest BCUT2D eigenvalue weighted by atomic mass is 32.1. The van der Waals surface area contributed by atoms with Crippen LogP contribution in [0.15, 0.2) is 30.8 Å². The van der Waals surface area contributed by atoms with Crippen molar-refractivity contribution in [3.8, 4) is 0 Å². The number of aliphatic hydroxyl groups excluding tert-OH is 1. The lowest BCUT2D eigenvalue weighted by Gasteiger charge is -2.39. The Morgan fingerprint density at radius 1 is 1.08 bits per heavy atom. The second kappa shape index (κ2) is 5.91. The Bertz CT molecular complexity index is 811. The predicted molar refractivity (Wildman–Crippen MR) is 111 cm³/mol. The first-order chi connectivity index (χ1) is 11.5. The number of rotatable bonds is 3. The molecular formula is C22H29NOS. The average molecular weight is 356 g/mol. The average Bonchev–Trinajstić information content (AvgIpc) is 2.91. The minimum absolute atomic E-state index is 0.112. The van der Waals surface area contributed by atoms with Crippen molar-refractivity contribution in [3.05, 3.63) is 52.4 Å². The lowest BCUT2D eigenvalue weighted by molar-refractivity contribution is 0.337. The van der Waals surface area contributed by atoms with E-state index in [1.54, 1.807) is 10.4 Å². The molecule has 0 saturated heterocycles. The van der Waals surface area contributed by atoms with Gasteiger partial charge in [-0.1, -0.05) is 34.3 Å². The van der Waals surface area contributed by atoms with Gasteiger partial charge in [0.15, 0.2) is 0 Å². The molecule has 25 heavy (non-hydrogen) atoms. The molecule has 0 saturated carbocycles. The SMILES string of the molecule is C=C(O)c1ccc(N(C)c2sc3c(c2C)C(C)(C)CCC3(C)C)cc1. The van der Waals surface area contributed by atoms with Crippen molar-refractivity contribution in [1.29, 1.82) is 0 Å². The highest BCUT2D eigenvalue weighted by molar-refractivity contribution is 7.16. The van der Waals surface area contributed by atoms with Crippen molar-refractivity contribution >= 4 is 27.8 Å². The molecule has 1 aliphatic carbocycles. The maximum Gasteiger partial charge on any atom is 0.115 e. The number of hydrogen-bond donors (Lipinski definition) is 1. The van der Waals surface area contributed by atoms with Crippen LogP contribution in [0.5, 0.6) is 0 Å². The lowest BCUT2D eigenvalue weighted by atomic mass is 9.66. The van der Waals surface area contributed by atoms with E-state index in [9.17, 15) is 5.11 Å². The standard InChI is InChI=1S/C22H29NOS/c1-14-18-19(22(5,6)13-12-21(18,3)4)25-20(14)23(7)17-10-8-16(9-11-17)15(2)24/h8-11,24H,2,12-13H2,1,3-7H3. The first-order valence-corrected chi connectivity index (χ1v) is 9.72. The molecule has 3 rings (SSSR count). The van der Waals surface area contributed by atoms with E-state index >= 15 is 0 Å². The first-order valence-electron chi connectivity index (χ1n) is 8.91. The molecular weight excluding hydrogens is 326 g/mol. The van der Waals surface area contributed by atoms with E-state index in [0.29, 0.717) is 0 Å². The molecule has 0 radical (unpaired) electrons. The van der Waals surface area contributed by atoms with Crippen LogP contribution in [0.2, 0.25) is 0 Å². The number of thiophene rings is 1. The van der Waals surface area contributed by atoms with Crippen molar-refractivity contribution in [2.75, 3.05) is 11.9 Å². The van der Waals surface area contributed by atoms with Crippen molar-refractivity contribution in [2.45, 2.75) is 58.3 Å². The minimum Gasteiger partial charge on any atom is -0.508 e. The first kappa shape index (κ1) is 18.1. The fraction of sp³-hybridized carbons (Fsp3) is 0.455. The second-order valence-corrected chi connectivity index (χ2v) is 9.56. The van der Waals surface area contributed by atoms with Crippen LogP contribution >= 0.6 is 11.3 Å². The molecule has 1 aromatic carbocycles. The van der Waals surface area contributed by atoms with Gasteiger partial charge in [0.25, 0.3) is 0 Å². The molecule has 1 N–H and O–H groups in total. The molecule has 2 nitrogen and oxygen atoms in total. The predicted octanol–water partition coefficient (Wildman–Crippen LogP) is 6.70. The van der Waals surface area contributed by atoms with Gasteiger partial charge < -0.3 is 10.0 Å². The maximum atomic E-state index is 9.53. The number of hydrogen-bond acceptors (Lipinski definition) is 3. The molecule has 0 aliphatic heterocycles. The zero-order chi connectivity index (χ0) is 18.6. The summed E-state index contributed by atoms with van der Waals surface area (Å²) in [6.07, 6.45) is 2.48. The summed E-state index contributed by atoms with van der Waals surface area (Å²) in [6, 6.07) is 7.94. The third kappa shape index (κ3) is 2.99. The number of nitrogens with zero attached hydrogens (tertiary/aromatic N) is 1. The quantitative estimate of drug-likeness (QED) is 0.619. The van der Waals surface area contributed by atoms with E-state index in [4.69, 9.17) is 0 Å². The summed E-state index contributed by atoms with van der Waals surface area (Å²) in [5.41, 5.74) is 5.34. The summed E-state index contributed by atoms with van der Waals surface area (Å²) < 4.78 is 0. The topological polar surface area (TPSA) is 23.5 Å². The molecule has 0 amide bonds. The van der Waals surface area contributed by atoms with Gasteiger partial charge in [-0.3, -0.25) is 0 Å². The highest BCUT2D eigenvalue weighted by Gasteiger charge is 2.41. The molecule has 0 atom stereocenters. The minimum atomic E-state index is 0.112. The fourth-order valence-electron chi connectivity index (χ4n) is 3.97. The van der Waals surface area contributed by atoms with Gasteiger partial charge in [-0.05, 0) is 66.0 Å². The van der Waals surface area contributed by atoms with Crippen molar-refractivity contribution in [2.24, 2.45) is 0 Å². The number of aliphatic hydroxyl groups is 1. The maximum absolute atomic E-state index is 9.53. The Hall–Kier alpha value is -1.74. The van der Waals surface area contributed by atoms with Gasteiger partial charge in [0.1, 0.15) is 5.76 Å². The van der Waals surface area contributed by atoms with E-state index in [1.807, 2.05) is 35.6 Å². The lowest BCUT2D eigenvalue weighted by Crippen LogP contribution is -2.32. The van der Waals surface area contributed by atoms with Gasteiger partial charge in [0.2, 0.25) is 0 Å². The summed E-state index contributed by atoms with van der Waals surface area (Å²) >= 11 is 1.94. The molecule has 3 heteroatoms. The van der Waals surface area contributed by atoms with Gasteiger partial charge >= 0.3 is 0 Å². The molecule has 134 valence electrons. The Labute approximate surface area is 155 Å². The molecule has 0 unspecified atom stereocenters. The van der Waals surface area contributed by atoms with Crippen molar-refractivity contribution < 1.29 is 5.11 Å². The van der Waals surface area contributed by atoms with E-state index < -0.39 is 0 Å². The van der Waals surface area contributed by atoms with Crippen LogP contribution in [0.3, 0.4) is 0 Å². The van der Waals surface area contributed by atoms with Gasteiger partial charge in [0.05, 0.1) is 5.00 Å². The number of fused-ring (bicyclic) bond motifs is 1. The summed E-state index contributed by atoms with van der Waals surface area (Å²) in [5, 5.41) is 10.9. The summed E-state index contributed by atoms with van der Waals surface area (Å²) in [7, 11) is 2.13. The van der Waals surface area contributed by atoms with Gasteiger partial charge in [0, 0.05) is 23.2 Å². The monoisotopic (exact) mass is 355 g/mol. The van der Waals surface area contributed by atoms with Gasteiger partial charge in [-0.25, -0.2) is 0 Å². The Balaban J connectivity index is 2.06. The number of benzene rings is 1. The van der Waals surface area contributed by atoms with Crippen LogP contribution in [0.4, 0.5) is 10.7 Å². The van der Waals surface area contributed by atoms with E-state index in [2.05, 4.69) is 53.1 Å². The fourth-order valence-corrected chi connectivity index (χ4v) is 5.57. The van der Waals surface area contributed by atoms with Crippen LogP contribution in [-0.2, 0) is 10.8 Å². The number of anilines is 2. The van der Waals surface area contributed by atoms with Crippen molar-refractivity contribution in [1.82, 2.24) is 0 Å². The van der Waals surface area contributed by atoms with E-state index in [0.717, 1.165) is 11.3 Å². The zero-order valence-corrected chi connectivity index (χ0v) is 17.0. The Morgan fingerprint density at radius 3 is 2.16 bits per heavy atom. The molecule has 1 aliphatic rings. The Kier molecular flexibility index (Phi) is 4.27. The van der Waals surface area contributed by atoms with Crippen LogP contribution in [-0.4, -0.2) is 12.2 Å². The molecule has 2 aromatic rings. The second-order valence-electron chi connectivity index (χ2n) is 8.56. The van der Waals surface area contributed by atoms with Gasteiger partial charge in [-0.2, -0.15) is 0 Å². The van der Waals surface area contributed by atoms with Gasteiger partial charge in [-0.15, -0.1) is 11.3 Å². The summed E-state index contributed by atoms with van der Waals surface area (Å²) in [4.78, 5) is 3.82. The van der Waals surface area contributed by atoms with E-state index in [-0.39, 0.29) is 16.6 Å². The molecule has 0 spiro atoms. The van der Waals surface area contributed by atoms with Crippen molar-refractivity contribution in [3.63, 3.8) is 0 Å². The Morgan fingerprint density at radius 2 is 1.64 bits per heavy atom.